The van der Waals surface area contributed by atoms with Crippen molar-refractivity contribution in [1.29, 1.82) is 0 Å². The van der Waals surface area contributed by atoms with Gasteiger partial charge in [-0.15, -0.1) is 0 Å². The third-order valence-electron chi connectivity index (χ3n) is 6.28. The molecule has 0 unspecified atom stereocenters. The first kappa shape index (κ1) is 28.1. The van der Waals surface area contributed by atoms with Crippen LogP contribution >= 0.6 is 23.2 Å². The minimum atomic E-state index is -0.913. The van der Waals surface area contributed by atoms with E-state index in [0.29, 0.717) is 31.1 Å². The molecule has 1 fully saturated rings. The quantitative estimate of drug-likeness (QED) is 0.307. The molecule has 3 N–H and O–H groups in total. The number of halogens is 2. The Kier molecular flexibility index (Phi) is 9.76. The largest absolute Gasteiger partial charge is 0.481 e. The van der Waals surface area contributed by atoms with E-state index in [-0.39, 0.29) is 42.7 Å². The molecule has 1 aliphatic rings. The van der Waals surface area contributed by atoms with Gasteiger partial charge >= 0.3 is 5.97 Å². The molecule has 3 atom stereocenters. The highest BCUT2D eigenvalue weighted by molar-refractivity contribution is 6.40. The second-order valence-corrected chi connectivity index (χ2v) is 9.81. The van der Waals surface area contributed by atoms with Gasteiger partial charge in [0.2, 0.25) is 5.91 Å². The number of carboxylic acids is 1. The smallest absolute Gasteiger partial charge is 0.303 e. The summed E-state index contributed by atoms with van der Waals surface area (Å²) in [4.78, 5) is 26.6. The molecule has 1 amide bonds. The Morgan fingerprint density at radius 1 is 1.00 bits per heavy atom. The molecule has 1 aliphatic heterocycles. The molecule has 2 aromatic carbocycles. The number of hydrogen-bond acceptors (Lipinski definition) is 6. The predicted octanol–water partition coefficient (Wildman–Crippen LogP) is 4.80. The summed E-state index contributed by atoms with van der Waals surface area (Å²) >= 11 is 12.3. The zero-order valence-corrected chi connectivity index (χ0v) is 22.1. The molecule has 0 spiro atoms. The average molecular weight is 562 g/mol. The summed E-state index contributed by atoms with van der Waals surface area (Å²) in [5.41, 5.74) is 3.50. The second-order valence-electron chi connectivity index (χ2n) is 9.09. The van der Waals surface area contributed by atoms with Gasteiger partial charge in [0.25, 0.3) is 0 Å². The number of hydrogen-bond donors (Lipinski definition) is 3. The highest BCUT2D eigenvalue weighted by Gasteiger charge is 2.32. The van der Waals surface area contributed by atoms with E-state index in [1.165, 1.54) is 0 Å². The van der Waals surface area contributed by atoms with Gasteiger partial charge in [-0.25, -0.2) is 4.98 Å². The molecule has 0 saturated carbocycles. The van der Waals surface area contributed by atoms with Gasteiger partial charge < -0.3 is 29.6 Å². The Hall–Kier alpha value is -2.95. The number of aliphatic hydroxyl groups is 1. The molecule has 0 bridgehead atoms. The lowest BCUT2D eigenvalue weighted by molar-refractivity contribution is -0.252. The highest BCUT2D eigenvalue weighted by Crippen LogP contribution is 2.39. The Morgan fingerprint density at radius 2 is 1.68 bits per heavy atom. The summed E-state index contributed by atoms with van der Waals surface area (Å²) in [5.74, 6) is -1.10. The minimum Gasteiger partial charge on any atom is -0.481 e. The van der Waals surface area contributed by atoms with E-state index in [1.807, 2.05) is 48.5 Å². The molecule has 4 rings (SSSR count). The minimum absolute atomic E-state index is 0.0306. The summed E-state index contributed by atoms with van der Waals surface area (Å²) in [5, 5.41) is 21.5. The van der Waals surface area contributed by atoms with Crippen LogP contribution in [0.25, 0.3) is 0 Å². The van der Waals surface area contributed by atoms with E-state index in [9.17, 15) is 14.7 Å². The van der Waals surface area contributed by atoms with Crippen LogP contribution in [0.5, 0.6) is 0 Å². The highest BCUT2D eigenvalue weighted by atomic mass is 35.5. The SMILES string of the molecule is O=C(O)CCCC(=O)NCc1ccc([C@H]2O[C@@H](Cn3cnc(Cl)c3Cl)C[C@@H](c3ccc(CO)cc3)O2)cc1. The first-order valence-electron chi connectivity index (χ1n) is 12.3. The number of rotatable bonds is 11. The fourth-order valence-electron chi connectivity index (χ4n) is 4.20. The summed E-state index contributed by atoms with van der Waals surface area (Å²) in [6.45, 7) is 0.742. The lowest BCUT2D eigenvalue weighted by Gasteiger charge is -2.36. The first-order valence-corrected chi connectivity index (χ1v) is 13.0. The van der Waals surface area contributed by atoms with Crippen molar-refractivity contribution in [2.45, 2.75) is 63.9 Å². The Labute approximate surface area is 230 Å². The van der Waals surface area contributed by atoms with Crippen molar-refractivity contribution < 1.29 is 29.3 Å². The number of benzene rings is 2. The molecule has 3 aromatic rings. The van der Waals surface area contributed by atoms with Crippen LogP contribution in [-0.4, -0.2) is 37.7 Å². The van der Waals surface area contributed by atoms with Crippen molar-refractivity contribution in [2.75, 3.05) is 0 Å². The molecule has 0 radical (unpaired) electrons. The fourth-order valence-corrected chi connectivity index (χ4v) is 4.52. The van der Waals surface area contributed by atoms with E-state index >= 15 is 0 Å². The maximum absolute atomic E-state index is 12.0. The van der Waals surface area contributed by atoms with Crippen molar-refractivity contribution in [3.63, 3.8) is 0 Å². The maximum Gasteiger partial charge on any atom is 0.303 e. The molecule has 11 heteroatoms. The molecule has 0 aliphatic carbocycles. The molecule has 38 heavy (non-hydrogen) atoms. The van der Waals surface area contributed by atoms with Crippen molar-refractivity contribution in [3.8, 4) is 0 Å². The number of amides is 1. The zero-order valence-electron chi connectivity index (χ0n) is 20.6. The zero-order chi connectivity index (χ0) is 27.1. The van der Waals surface area contributed by atoms with Crippen LogP contribution in [0.1, 0.15) is 60.3 Å². The topological polar surface area (TPSA) is 123 Å². The summed E-state index contributed by atoms with van der Waals surface area (Å²) in [6.07, 6.45) is 1.45. The standard InChI is InChI=1S/C27H29Cl2N3O6/c28-25-26(29)32(16-31-25)14-21-12-22(19-8-6-18(15-33)7-9-19)38-27(37-21)20-10-4-17(5-11-20)13-30-23(34)2-1-3-24(35)36/h4-11,16,21-22,27,33H,1-3,12-15H2,(H,30,34)(H,35,36)/t21-,22+,27+/m1/s1. The lowest BCUT2D eigenvalue weighted by atomic mass is 10.00. The van der Waals surface area contributed by atoms with Gasteiger partial charge in [0.05, 0.1) is 31.7 Å². The average Bonchev–Trinajstić information content (AvgIpc) is 3.24. The number of aliphatic carboxylic acids is 1. The molecule has 1 aromatic heterocycles. The van der Waals surface area contributed by atoms with Crippen molar-refractivity contribution in [2.24, 2.45) is 0 Å². The van der Waals surface area contributed by atoms with Crippen LogP contribution < -0.4 is 5.32 Å². The van der Waals surface area contributed by atoms with E-state index in [1.54, 1.807) is 10.9 Å². The summed E-state index contributed by atoms with van der Waals surface area (Å²) in [6, 6.07) is 15.2. The van der Waals surface area contributed by atoms with Gasteiger partial charge in [-0.2, -0.15) is 0 Å². The Balaban J connectivity index is 1.44. The van der Waals surface area contributed by atoms with Crippen molar-refractivity contribution in [3.05, 3.63) is 87.4 Å². The molecule has 1 saturated heterocycles. The van der Waals surface area contributed by atoms with E-state index in [2.05, 4.69) is 10.3 Å². The van der Waals surface area contributed by atoms with Gasteiger partial charge in [0.15, 0.2) is 11.4 Å². The van der Waals surface area contributed by atoms with Crippen LogP contribution in [0.2, 0.25) is 10.3 Å². The van der Waals surface area contributed by atoms with Crippen LogP contribution in [0, 0.1) is 0 Å². The molecule has 9 nitrogen and oxygen atoms in total. The number of imidazole rings is 1. The molecular weight excluding hydrogens is 533 g/mol. The summed E-state index contributed by atoms with van der Waals surface area (Å²) < 4.78 is 14.4. The number of carboxylic acid groups (broad SMARTS) is 1. The number of nitrogens with zero attached hydrogens (tertiary/aromatic N) is 2. The van der Waals surface area contributed by atoms with Crippen molar-refractivity contribution in [1.82, 2.24) is 14.9 Å². The Morgan fingerprint density at radius 3 is 2.32 bits per heavy atom. The molecule has 2 heterocycles. The predicted molar refractivity (Wildman–Crippen MR) is 140 cm³/mol. The molecular formula is C27H29Cl2N3O6. The van der Waals surface area contributed by atoms with Crippen LogP contribution in [0.4, 0.5) is 0 Å². The third kappa shape index (κ3) is 7.55. The third-order valence-corrected chi connectivity index (χ3v) is 7.05. The fraction of sp³-hybridized carbons (Fsp3) is 0.370. The summed E-state index contributed by atoms with van der Waals surface area (Å²) in [7, 11) is 0. The first-order chi connectivity index (χ1) is 18.3. The van der Waals surface area contributed by atoms with Crippen LogP contribution in [0.3, 0.4) is 0 Å². The van der Waals surface area contributed by atoms with E-state index in [0.717, 1.165) is 22.3 Å². The lowest BCUT2D eigenvalue weighted by Crippen LogP contribution is -2.32. The monoisotopic (exact) mass is 561 g/mol. The van der Waals surface area contributed by atoms with Gasteiger partial charge in [0.1, 0.15) is 5.15 Å². The van der Waals surface area contributed by atoms with E-state index in [4.69, 9.17) is 37.8 Å². The Bertz CT molecular complexity index is 1230. The van der Waals surface area contributed by atoms with Gasteiger partial charge in [-0.05, 0) is 23.1 Å². The number of carbonyl (C=O) groups is 2. The number of carbonyl (C=O) groups excluding carboxylic acids is 1. The van der Waals surface area contributed by atoms with Crippen LogP contribution in [-0.2, 0) is 38.8 Å². The number of aliphatic hydroxyl groups excluding tert-OH is 1. The molecule has 202 valence electrons. The number of aromatic nitrogens is 2. The van der Waals surface area contributed by atoms with Crippen molar-refractivity contribution >= 4 is 35.1 Å². The second kappa shape index (κ2) is 13.2. The van der Waals surface area contributed by atoms with Gasteiger partial charge in [-0.1, -0.05) is 71.7 Å². The number of nitrogens with one attached hydrogen (secondary N) is 1. The van der Waals surface area contributed by atoms with Gasteiger partial charge in [-0.3, -0.25) is 9.59 Å². The normalized spacial score (nSPS) is 19.3. The van der Waals surface area contributed by atoms with Gasteiger partial charge in [0, 0.05) is 31.4 Å². The maximum atomic E-state index is 12.0. The van der Waals surface area contributed by atoms with Crippen LogP contribution in [0.15, 0.2) is 54.9 Å². The van der Waals surface area contributed by atoms with E-state index < -0.39 is 12.3 Å². The number of ether oxygens (including phenoxy) is 2.